The Labute approximate surface area is 136 Å². The van der Waals surface area contributed by atoms with Crippen molar-refractivity contribution in [3.8, 4) is 17.3 Å². The molecule has 1 fully saturated rings. The lowest BCUT2D eigenvalue weighted by Gasteiger charge is -2.21. The minimum Gasteiger partial charge on any atom is -0.805 e. The summed E-state index contributed by atoms with van der Waals surface area (Å²) in [5, 5.41) is 22.1. The molecule has 24 heavy (non-hydrogen) atoms. The predicted molar refractivity (Wildman–Crippen MR) is 85.8 cm³/mol. The molecule has 3 aromatic rings. The number of fused-ring (bicyclic) bond motifs is 1. The van der Waals surface area contributed by atoms with Crippen LogP contribution < -0.4 is 0 Å². The van der Waals surface area contributed by atoms with Gasteiger partial charge in [0, 0.05) is 29.9 Å². The molecule has 0 bridgehead atoms. The maximum Gasteiger partial charge on any atom is 0.271 e. The normalized spacial score (nSPS) is 17.3. The van der Waals surface area contributed by atoms with Gasteiger partial charge in [-0.2, -0.15) is 5.26 Å². The summed E-state index contributed by atoms with van der Waals surface area (Å²) >= 11 is 0. The van der Waals surface area contributed by atoms with Crippen LogP contribution in [0.1, 0.15) is 23.3 Å². The molecule has 0 radical (unpaired) electrons. The van der Waals surface area contributed by atoms with Crippen LogP contribution in [0.3, 0.4) is 0 Å². The van der Waals surface area contributed by atoms with E-state index in [1.54, 1.807) is 6.20 Å². The maximum atomic E-state index is 12.6. The van der Waals surface area contributed by atoms with Crippen molar-refractivity contribution in [2.45, 2.75) is 18.9 Å². The lowest BCUT2D eigenvalue weighted by Crippen LogP contribution is -2.35. The highest BCUT2D eigenvalue weighted by Gasteiger charge is 2.30. The lowest BCUT2D eigenvalue weighted by molar-refractivity contribution is 0.0757. The van der Waals surface area contributed by atoms with Crippen LogP contribution in [0, 0.1) is 16.5 Å². The molecule has 3 aromatic heterocycles. The zero-order valence-corrected chi connectivity index (χ0v) is 12.6. The van der Waals surface area contributed by atoms with E-state index in [2.05, 4.69) is 21.0 Å². The molecule has 1 unspecified atom stereocenters. The fraction of sp³-hybridized carbons (Fsp3) is 0.250. The van der Waals surface area contributed by atoms with E-state index in [9.17, 15) is 10.0 Å². The molecule has 0 aliphatic carbocycles. The number of nitrogens with one attached hydrogen (secondary N) is 1. The summed E-state index contributed by atoms with van der Waals surface area (Å²) in [4.78, 5) is 25.4. The first-order valence-electron chi connectivity index (χ1n) is 7.58. The number of H-pyrrole nitrogens is 1. The van der Waals surface area contributed by atoms with Crippen molar-refractivity contribution in [3.05, 3.63) is 41.8 Å². The minimum atomic E-state index is -0.466. The average molecular weight is 321 g/mol. The molecule has 8 heteroatoms. The molecule has 1 atom stereocenters. The van der Waals surface area contributed by atoms with Gasteiger partial charge in [0.05, 0.1) is 11.8 Å². The van der Waals surface area contributed by atoms with Crippen molar-refractivity contribution in [2.75, 3.05) is 6.54 Å². The topological polar surface area (TPSA) is 114 Å². The highest BCUT2D eigenvalue weighted by atomic mass is 16.5. The Hall–Kier alpha value is -3.34. The van der Waals surface area contributed by atoms with Gasteiger partial charge in [-0.3, -0.25) is 4.79 Å². The Bertz CT molecular complexity index is 967. The number of hydrogen-bond acceptors (Lipinski definition) is 5. The Morgan fingerprint density at radius 2 is 2.33 bits per heavy atom. The van der Waals surface area contributed by atoms with Gasteiger partial charge < -0.3 is 19.8 Å². The number of amides is 1. The zero-order chi connectivity index (χ0) is 16.7. The average Bonchev–Trinajstić information content (AvgIpc) is 3.32. The maximum absolute atomic E-state index is 12.6. The van der Waals surface area contributed by atoms with Crippen molar-refractivity contribution in [3.63, 3.8) is 0 Å². The number of aromatic nitrogens is 4. The highest BCUT2D eigenvalue weighted by molar-refractivity contribution is 5.97. The number of hydrogen-bond donors (Lipinski definition) is 1. The Morgan fingerprint density at radius 3 is 3.17 bits per heavy atom. The Balaban J connectivity index is 1.74. The molecule has 0 saturated carbocycles. The molecule has 1 amide bonds. The van der Waals surface area contributed by atoms with Gasteiger partial charge >= 0.3 is 0 Å². The van der Waals surface area contributed by atoms with E-state index in [4.69, 9.17) is 5.26 Å². The second-order valence-corrected chi connectivity index (χ2v) is 5.69. The van der Waals surface area contributed by atoms with Gasteiger partial charge in [-0.1, -0.05) is 0 Å². The lowest BCUT2D eigenvalue weighted by atomic mass is 10.1. The minimum absolute atomic E-state index is 0.00875. The molecule has 120 valence electrons. The van der Waals surface area contributed by atoms with E-state index >= 15 is 0 Å². The van der Waals surface area contributed by atoms with Gasteiger partial charge in [0.1, 0.15) is 23.7 Å². The molecule has 1 aliphatic heterocycles. The second kappa shape index (κ2) is 5.38. The van der Waals surface area contributed by atoms with Crippen molar-refractivity contribution >= 4 is 16.9 Å². The number of likely N-dealkylation sites (tertiary alicyclic amines) is 1. The second-order valence-electron chi connectivity index (χ2n) is 5.69. The first kappa shape index (κ1) is 14.3. The number of aromatic amines is 1. The van der Waals surface area contributed by atoms with Crippen LogP contribution in [-0.2, 0) is 0 Å². The summed E-state index contributed by atoms with van der Waals surface area (Å²) in [6.45, 7) is 0.493. The van der Waals surface area contributed by atoms with Crippen molar-refractivity contribution in [2.24, 2.45) is 0 Å². The Kier molecular flexibility index (Phi) is 3.20. The van der Waals surface area contributed by atoms with Gasteiger partial charge in [0.25, 0.3) is 5.91 Å². The third-order valence-electron chi connectivity index (χ3n) is 4.30. The van der Waals surface area contributed by atoms with Crippen LogP contribution >= 0.6 is 0 Å². The van der Waals surface area contributed by atoms with Crippen molar-refractivity contribution < 1.29 is 4.79 Å². The first-order chi connectivity index (χ1) is 11.7. The summed E-state index contributed by atoms with van der Waals surface area (Å²) in [6, 6.07) is 4.99. The molecule has 4 rings (SSSR count). The van der Waals surface area contributed by atoms with Crippen molar-refractivity contribution in [1.29, 1.82) is 5.26 Å². The third-order valence-corrected chi connectivity index (χ3v) is 4.30. The molecule has 1 aliphatic rings. The molecule has 1 saturated heterocycles. The molecule has 1 N–H and O–H groups in total. The van der Waals surface area contributed by atoms with Gasteiger partial charge in [0.15, 0.2) is 0 Å². The van der Waals surface area contributed by atoms with Crippen LogP contribution in [0.5, 0.6) is 0 Å². The third kappa shape index (κ3) is 2.10. The number of carbonyl (C=O) groups excluding carboxylic acids is 1. The predicted octanol–water partition coefficient (Wildman–Crippen LogP) is 1.90. The highest BCUT2D eigenvalue weighted by Crippen LogP contribution is 2.28. The van der Waals surface area contributed by atoms with Crippen molar-refractivity contribution in [1.82, 2.24) is 24.6 Å². The number of nitriles is 1. The van der Waals surface area contributed by atoms with E-state index in [1.807, 2.05) is 6.07 Å². The first-order valence-corrected chi connectivity index (χ1v) is 7.58. The van der Waals surface area contributed by atoms with Crippen LogP contribution in [0.15, 0.2) is 30.9 Å². The van der Waals surface area contributed by atoms with Crippen LogP contribution in [-0.4, -0.2) is 43.1 Å². The van der Waals surface area contributed by atoms with E-state index in [0.29, 0.717) is 34.6 Å². The Morgan fingerprint density at radius 1 is 1.46 bits per heavy atom. The van der Waals surface area contributed by atoms with Crippen LogP contribution in [0.4, 0.5) is 0 Å². The summed E-state index contributed by atoms with van der Waals surface area (Å²) in [7, 11) is 0. The summed E-state index contributed by atoms with van der Waals surface area (Å²) in [5.74, 6) is -0.417. The molecular formula is C16H13N6O2-. The monoisotopic (exact) mass is 321 g/mol. The fourth-order valence-corrected chi connectivity index (χ4v) is 3.12. The van der Waals surface area contributed by atoms with E-state index in [1.165, 1.54) is 23.5 Å². The number of nitrogens with zero attached hydrogens (tertiary/aromatic N) is 5. The summed E-state index contributed by atoms with van der Waals surface area (Å²) < 4.78 is 0.547. The van der Waals surface area contributed by atoms with Crippen LogP contribution in [0.2, 0.25) is 0 Å². The summed E-state index contributed by atoms with van der Waals surface area (Å²) in [6.07, 6.45) is 5.89. The van der Waals surface area contributed by atoms with E-state index in [-0.39, 0.29) is 5.69 Å². The van der Waals surface area contributed by atoms with E-state index < -0.39 is 11.9 Å². The SMILES string of the molecule is N#CC1CCCN1C(=O)c1cc(-c2ncnc3[nH]ccc23)cn1[O-]. The number of carbonyl (C=O) groups is 1. The zero-order valence-electron chi connectivity index (χ0n) is 12.6. The van der Waals surface area contributed by atoms with Gasteiger partial charge in [-0.05, 0) is 25.0 Å². The van der Waals surface area contributed by atoms with Gasteiger partial charge in [0.2, 0.25) is 0 Å². The molecule has 8 nitrogen and oxygen atoms in total. The molecule has 0 aromatic carbocycles. The van der Waals surface area contributed by atoms with Gasteiger partial charge in [-0.15, -0.1) is 0 Å². The largest absolute Gasteiger partial charge is 0.805 e. The molecular weight excluding hydrogens is 308 g/mol. The smallest absolute Gasteiger partial charge is 0.271 e. The number of rotatable bonds is 2. The molecule has 0 spiro atoms. The van der Waals surface area contributed by atoms with Gasteiger partial charge in [-0.25, -0.2) is 9.97 Å². The fourth-order valence-electron chi connectivity index (χ4n) is 3.12. The standard InChI is InChI=1S/C16H13N6O2/c17-7-11-2-1-5-21(11)16(23)13-6-10(8-22(13)24)14-12-3-4-18-15(12)20-9-19-14/h3-4,6,8-9,11H,1-2,5H2,(H,18,19,20)/q-1. The molecule has 4 heterocycles. The quantitative estimate of drug-likeness (QED) is 0.774. The summed E-state index contributed by atoms with van der Waals surface area (Å²) in [5.41, 5.74) is 1.81. The van der Waals surface area contributed by atoms with E-state index in [0.717, 1.165) is 11.8 Å². The van der Waals surface area contributed by atoms with Crippen LogP contribution in [0.25, 0.3) is 22.3 Å².